The number of aryl methyl sites for hydroxylation is 1. The lowest BCUT2D eigenvalue weighted by atomic mass is 9.78. The van der Waals surface area contributed by atoms with Crippen molar-refractivity contribution in [1.29, 1.82) is 0 Å². The number of rotatable bonds is 2. The summed E-state index contributed by atoms with van der Waals surface area (Å²) in [5.74, 6) is 0. The van der Waals surface area contributed by atoms with Gasteiger partial charge in [-0.15, -0.1) is 0 Å². The van der Waals surface area contributed by atoms with E-state index in [2.05, 4.69) is 62.2 Å². The number of hydrogen-bond acceptors (Lipinski definition) is 3. The van der Waals surface area contributed by atoms with Gasteiger partial charge in [-0.05, 0) is 51.2 Å². The van der Waals surface area contributed by atoms with Crippen molar-refractivity contribution in [2.45, 2.75) is 45.8 Å². The molecule has 0 aliphatic carbocycles. The summed E-state index contributed by atoms with van der Waals surface area (Å²) in [4.78, 5) is 0. The smallest absolute Gasteiger partial charge is 0.399 e. The molecular weight excluding hydrogens is 263 g/mol. The highest BCUT2D eigenvalue weighted by atomic mass is 16.7. The van der Waals surface area contributed by atoms with Gasteiger partial charge < -0.3 is 9.31 Å². The van der Waals surface area contributed by atoms with Crippen LogP contribution in [0.4, 0.5) is 0 Å². The topological polar surface area (TPSA) is 47.1 Å². The summed E-state index contributed by atoms with van der Waals surface area (Å²) in [7, 11) is -0.313. The lowest BCUT2D eigenvalue weighted by molar-refractivity contribution is 0.00578. The lowest BCUT2D eigenvalue weighted by Gasteiger charge is -2.32. The zero-order chi connectivity index (χ0) is 15.3. The minimum Gasteiger partial charge on any atom is -0.399 e. The molecular formula is C16H21BN2O2. The van der Waals surface area contributed by atoms with Gasteiger partial charge in [-0.3, -0.25) is 5.10 Å². The van der Waals surface area contributed by atoms with Gasteiger partial charge in [0.05, 0.1) is 23.1 Å². The molecule has 0 amide bonds. The molecule has 1 saturated heterocycles. The van der Waals surface area contributed by atoms with E-state index in [-0.39, 0.29) is 18.3 Å². The summed E-state index contributed by atoms with van der Waals surface area (Å²) in [6.45, 7) is 10.3. The first-order valence-electron chi connectivity index (χ1n) is 7.26. The van der Waals surface area contributed by atoms with Crippen LogP contribution in [0.15, 0.2) is 30.5 Å². The Morgan fingerprint density at radius 2 is 1.57 bits per heavy atom. The van der Waals surface area contributed by atoms with Gasteiger partial charge in [0, 0.05) is 0 Å². The molecule has 2 aromatic rings. The Hall–Kier alpha value is -1.59. The van der Waals surface area contributed by atoms with Crippen molar-refractivity contribution in [2.24, 2.45) is 0 Å². The highest BCUT2D eigenvalue weighted by Crippen LogP contribution is 2.36. The molecule has 0 atom stereocenters. The van der Waals surface area contributed by atoms with Gasteiger partial charge in [0.15, 0.2) is 0 Å². The molecule has 110 valence electrons. The first-order chi connectivity index (χ1) is 9.80. The van der Waals surface area contributed by atoms with Crippen molar-refractivity contribution in [3.05, 3.63) is 36.0 Å². The average molecular weight is 284 g/mol. The van der Waals surface area contributed by atoms with Crippen LogP contribution in [0.1, 0.15) is 33.3 Å². The first kappa shape index (κ1) is 14.4. The standard InChI is InChI=1S/C16H21BN2O2/c1-11-10-18-19-14(11)12-6-8-13(9-7-12)17-20-15(2,3)16(4,5)21-17/h6-10H,1-5H3,(H,18,19). The molecule has 3 rings (SSSR count). The van der Waals surface area contributed by atoms with E-state index in [0.29, 0.717) is 0 Å². The predicted octanol–water partition coefficient (Wildman–Crippen LogP) is 2.68. The lowest BCUT2D eigenvalue weighted by Crippen LogP contribution is -2.41. The quantitative estimate of drug-likeness (QED) is 0.862. The molecule has 2 heterocycles. The molecule has 4 nitrogen and oxygen atoms in total. The second-order valence-corrected chi connectivity index (χ2v) is 6.64. The highest BCUT2D eigenvalue weighted by Gasteiger charge is 2.51. The SMILES string of the molecule is Cc1cn[nH]c1-c1ccc(B2OC(C)(C)C(C)(C)O2)cc1. The van der Waals surface area contributed by atoms with Gasteiger partial charge in [-0.1, -0.05) is 24.3 Å². The Morgan fingerprint density at radius 1 is 1.00 bits per heavy atom. The Bertz CT molecular complexity index is 631. The van der Waals surface area contributed by atoms with Gasteiger partial charge in [0.25, 0.3) is 0 Å². The molecule has 0 spiro atoms. The van der Waals surface area contributed by atoms with Crippen molar-refractivity contribution >= 4 is 12.6 Å². The Balaban J connectivity index is 1.85. The van der Waals surface area contributed by atoms with Crippen molar-refractivity contribution in [2.75, 3.05) is 0 Å². The molecule has 0 saturated carbocycles. The van der Waals surface area contributed by atoms with Crippen LogP contribution >= 0.6 is 0 Å². The second-order valence-electron chi connectivity index (χ2n) is 6.64. The fourth-order valence-electron chi connectivity index (χ4n) is 2.42. The number of aromatic amines is 1. The van der Waals surface area contributed by atoms with Crippen LogP contribution in [0.5, 0.6) is 0 Å². The van der Waals surface area contributed by atoms with Gasteiger partial charge >= 0.3 is 7.12 Å². The zero-order valence-corrected chi connectivity index (χ0v) is 13.2. The van der Waals surface area contributed by atoms with Crippen molar-refractivity contribution in [1.82, 2.24) is 10.2 Å². The van der Waals surface area contributed by atoms with Crippen LogP contribution < -0.4 is 5.46 Å². The van der Waals surface area contributed by atoms with E-state index < -0.39 is 0 Å². The summed E-state index contributed by atoms with van der Waals surface area (Å²) in [5.41, 5.74) is 3.72. The van der Waals surface area contributed by atoms with Gasteiger partial charge in [0.1, 0.15) is 0 Å². The second kappa shape index (κ2) is 4.72. The fraction of sp³-hybridized carbons (Fsp3) is 0.438. The largest absolute Gasteiger partial charge is 0.494 e. The number of hydrogen-bond donors (Lipinski definition) is 1. The van der Waals surface area contributed by atoms with Crippen LogP contribution in [0.25, 0.3) is 11.3 Å². The fourth-order valence-corrected chi connectivity index (χ4v) is 2.42. The third-order valence-electron chi connectivity index (χ3n) is 4.55. The molecule has 1 aliphatic heterocycles. The molecule has 0 unspecified atom stereocenters. The van der Waals surface area contributed by atoms with E-state index in [9.17, 15) is 0 Å². The first-order valence-corrected chi connectivity index (χ1v) is 7.26. The maximum absolute atomic E-state index is 6.06. The number of nitrogens with zero attached hydrogens (tertiary/aromatic N) is 1. The van der Waals surface area contributed by atoms with Crippen molar-refractivity contribution < 1.29 is 9.31 Å². The molecule has 1 aromatic heterocycles. The number of benzene rings is 1. The monoisotopic (exact) mass is 284 g/mol. The highest BCUT2D eigenvalue weighted by molar-refractivity contribution is 6.62. The maximum Gasteiger partial charge on any atom is 0.494 e. The van der Waals surface area contributed by atoms with E-state index in [0.717, 1.165) is 22.3 Å². The number of H-pyrrole nitrogens is 1. The summed E-state index contributed by atoms with van der Waals surface area (Å²) >= 11 is 0. The van der Waals surface area contributed by atoms with Crippen LogP contribution in [0, 0.1) is 6.92 Å². The Morgan fingerprint density at radius 3 is 2.05 bits per heavy atom. The minimum absolute atomic E-state index is 0.309. The van der Waals surface area contributed by atoms with Crippen LogP contribution in [-0.2, 0) is 9.31 Å². The number of nitrogens with one attached hydrogen (secondary N) is 1. The number of aromatic nitrogens is 2. The zero-order valence-electron chi connectivity index (χ0n) is 13.2. The van der Waals surface area contributed by atoms with Crippen LogP contribution in [0.3, 0.4) is 0 Å². The summed E-state index contributed by atoms with van der Waals surface area (Å²) < 4.78 is 12.1. The summed E-state index contributed by atoms with van der Waals surface area (Å²) in [6.07, 6.45) is 1.83. The van der Waals surface area contributed by atoms with Crippen molar-refractivity contribution in [3.63, 3.8) is 0 Å². The third-order valence-corrected chi connectivity index (χ3v) is 4.55. The molecule has 1 fully saturated rings. The molecule has 0 bridgehead atoms. The van der Waals surface area contributed by atoms with Crippen molar-refractivity contribution in [3.8, 4) is 11.3 Å². The van der Waals surface area contributed by atoms with E-state index in [1.807, 2.05) is 13.1 Å². The normalized spacial score (nSPS) is 20.0. The molecule has 21 heavy (non-hydrogen) atoms. The summed E-state index contributed by atoms with van der Waals surface area (Å²) in [6, 6.07) is 8.25. The average Bonchev–Trinajstić information content (AvgIpc) is 2.92. The molecule has 1 aliphatic rings. The molecule has 1 aromatic carbocycles. The maximum atomic E-state index is 6.06. The molecule has 0 radical (unpaired) electrons. The molecule has 1 N–H and O–H groups in total. The van der Waals surface area contributed by atoms with Gasteiger partial charge in [0.2, 0.25) is 0 Å². The predicted molar refractivity (Wildman–Crippen MR) is 84.5 cm³/mol. The minimum atomic E-state index is -0.313. The van der Waals surface area contributed by atoms with E-state index in [1.54, 1.807) is 0 Å². The Kier molecular flexibility index (Phi) is 3.22. The van der Waals surface area contributed by atoms with E-state index in [4.69, 9.17) is 9.31 Å². The van der Waals surface area contributed by atoms with Crippen LogP contribution in [-0.4, -0.2) is 28.5 Å². The summed E-state index contributed by atoms with van der Waals surface area (Å²) in [5, 5.41) is 7.09. The van der Waals surface area contributed by atoms with Crippen LogP contribution in [0.2, 0.25) is 0 Å². The Labute approximate surface area is 126 Å². The van der Waals surface area contributed by atoms with E-state index >= 15 is 0 Å². The molecule has 5 heteroatoms. The van der Waals surface area contributed by atoms with Gasteiger partial charge in [-0.2, -0.15) is 5.10 Å². The third kappa shape index (κ3) is 2.41. The van der Waals surface area contributed by atoms with Gasteiger partial charge in [-0.25, -0.2) is 0 Å². The van der Waals surface area contributed by atoms with E-state index in [1.165, 1.54) is 0 Å².